The number of rotatable bonds is 10. The SMILES string of the molecule is CSC(C[C@H](NC(=O)C(CS)Cc1ccccc1)C(N)=O)SC. The number of carbonyl (C=O) groups is 2. The van der Waals surface area contributed by atoms with Gasteiger partial charge in [-0.25, -0.2) is 0 Å². The predicted molar refractivity (Wildman–Crippen MR) is 104 cm³/mol. The highest BCUT2D eigenvalue weighted by Crippen LogP contribution is 2.23. The van der Waals surface area contributed by atoms with Crippen molar-refractivity contribution in [2.45, 2.75) is 23.5 Å². The number of thioether (sulfide) groups is 2. The van der Waals surface area contributed by atoms with Crippen LogP contribution in [0.2, 0.25) is 0 Å². The maximum atomic E-state index is 12.5. The van der Waals surface area contributed by atoms with Crippen LogP contribution in [0.5, 0.6) is 0 Å². The van der Waals surface area contributed by atoms with Crippen LogP contribution in [0, 0.1) is 5.92 Å². The van der Waals surface area contributed by atoms with Gasteiger partial charge in [-0.05, 0) is 30.9 Å². The molecule has 0 aromatic heterocycles. The van der Waals surface area contributed by atoms with Crippen LogP contribution in [-0.2, 0) is 16.0 Å². The maximum absolute atomic E-state index is 12.5. The van der Waals surface area contributed by atoms with Gasteiger partial charge in [0.2, 0.25) is 11.8 Å². The average Bonchev–Trinajstić information content (AvgIpc) is 2.56. The number of benzene rings is 1. The van der Waals surface area contributed by atoms with Gasteiger partial charge in [0.05, 0.1) is 10.5 Å². The summed E-state index contributed by atoms with van der Waals surface area (Å²) in [6.07, 6.45) is 5.07. The van der Waals surface area contributed by atoms with E-state index in [1.54, 1.807) is 23.5 Å². The molecule has 0 fully saturated rings. The second-order valence-corrected chi connectivity index (χ2v) is 7.91. The Hall–Kier alpha value is -0.790. The number of primary amides is 1. The lowest BCUT2D eigenvalue weighted by Crippen LogP contribution is -2.48. The summed E-state index contributed by atoms with van der Waals surface area (Å²) in [7, 11) is 0. The number of hydrogen-bond acceptors (Lipinski definition) is 5. The molecule has 2 amide bonds. The van der Waals surface area contributed by atoms with Gasteiger partial charge < -0.3 is 11.1 Å². The Labute approximate surface area is 152 Å². The van der Waals surface area contributed by atoms with Gasteiger partial charge in [-0.1, -0.05) is 30.3 Å². The van der Waals surface area contributed by atoms with Crippen LogP contribution < -0.4 is 11.1 Å². The lowest BCUT2D eigenvalue weighted by atomic mass is 9.99. The van der Waals surface area contributed by atoms with Crippen molar-refractivity contribution >= 4 is 48.0 Å². The summed E-state index contributed by atoms with van der Waals surface area (Å²) in [6, 6.07) is 9.13. The number of nitrogens with one attached hydrogen (secondary N) is 1. The van der Waals surface area contributed by atoms with Gasteiger partial charge in [0.25, 0.3) is 0 Å². The number of amides is 2. The van der Waals surface area contributed by atoms with Crippen molar-refractivity contribution in [3.05, 3.63) is 35.9 Å². The van der Waals surface area contributed by atoms with Crippen LogP contribution in [-0.4, -0.2) is 40.7 Å². The molecule has 23 heavy (non-hydrogen) atoms. The first-order chi connectivity index (χ1) is 11.0. The zero-order valence-corrected chi connectivity index (χ0v) is 15.9. The summed E-state index contributed by atoms with van der Waals surface area (Å²) in [6.45, 7) is 0. The molecule has 0 radical (unpaired) electrons. The molecule has 2 atom stereocenters. The molecule has 0 aliphatic rings. The standard InChI is InChI=1S/C16H24N2O2S3/c1-22-14(23-2)9-13(15(17)19)18-16(20)12(10-21)8-11-6-4-3-5-7-11/h3-7,12-14,21H,8-10H2,1-2H3,(H2,17,19)(H,18,20)/t12?,13-/m0/s1. The molecular weight excluding hydrogens is 348 g/mol. The van der Waals surface area contributed by atoms with Crippen molar-refractivity contribution in [1.29, 1.82) is 0 Å². The molecule has 128 valence electrons. The second kappa shape index (κ2) is 10.9. The summed E-state index contributed by atoms with van der Waals surface area (Å²) in [4.78, 5) is 24.1. The van der Waals surface area contributed by atoms with Crippen molar-refractivity contribution in [2.24, 2.45) is 11.7 Å². The Morgan fingerprint density at radius 2 is 1.83 bits per heavy atom. The minimum Gasteiger partial charge on any atom is -0.368 e. The molecule has 1 rings (SSSR count). The van der Waals surface area contributed by atoms with Crippen LogP contribution in [0.25, 0.3) is 0 Å². The highest BCUT2D eigenvalue weighted by Gasteiger charge is 2.25. The lowest BCUT2D eigenvalue weighted by Gasteiger charge is -2.22. The first-order valence-corrected chi connectivity index (χ1v) is 10.5. The van der Waals surface area contributed by atoms with E-state index in [0.29, 0.717) is 18.6 Å². The third kappa shape index (κ3) is 7.10. The fourth-order valence-electron chi connectivity index (χ4n) is 2.16. The van der Waals surface area contributed by atoms with Gasteiger partial charge in [0.15, 0.2) is 0 Å². The molecule has 4 nitrogen and oxygen atoms in total. The molecule has 0 spiro atoms. The van der Waals surface area contributed by atoms with Crippen molar-refractivity contribution in [2.75, 3.05) is 18.3 Å². The zero-order chi connectivity index (χ0) is 17.2. The van der Waals surface area contributed by atoms with Crippen LogP contribution in [0.1, 0.15) is 12.0 Å². The minimum absolute atomic E-state index is 0.173. The predicted octanol–water partition coefficient (Wildman–Crippen LogP) is 2.19. The monoisotopic (exact) mass is 372 g/mol. The van der Waals surface area contributed by atoms with Crippen LogP contribution in [0.3, 0.4) is 0 Å². The van der Waals surface area contributed by atoms with Crippen molar-refractivity contribution < 1.29 is 9.59 Å². The lowest BCUT2D eigenvalue weighted by molar-refractivity contribution is -0.129. The Bertz CT molecular complexity index is 495. The van der Waals surface area contributed by atoms with E-state index >= 15 is 0 Å². The highest BCUT2D eigenvalue weighted by atomic mass is 32.2. The van der Waals surface area contributed by atoms with Crippen molar-refractivity contribution in [3.8, 4) is 0 Å². The van der Waals surface area contributed by atoms with E-state index in [9.17, 15) is 9.59 Å². The normalized spacial score (nSPS) is 13.6. The number of hydrogen-bond donors (Lipinski definition) is 3. The molecule has 3 N–H and O–H groups in total. The molecule has 0 saturated carbocycles. The number of nitrogens with two attached hydrogens (primary N) is 1. The van der Waals surface area contributed by atoms with Gasteiger partial charge >= 0.3 is 0 Å². The Morgan fingerprint density at radius 1 is 1.22 bits per heavy atom. The van der Waals surface area contributed by atoms with E-state index in [2.05, 4.69) is 17.9 Å². The molecule has 0 aliphatic heterocycles. The summed E-state index contributed by atoms with van der Waals surface area (Å²) in [5.74, 6) is -0.539. The number of thiol groups is 1. The largest absolute Gasteiger partial charge is 0.368 e. The van der Waals surface area contributed by atoms with Crippen molar-refractivity contribution in [1.82, 2.24) is 5.32 Å². The molecule has 1 aromatic rings. The molecule has 0 heterocycles. The van der Waals surface area contributed by atoms with Gasteiger partial charge in [-0.2, -0.15) is 36.2 Å². The maximum Gasteiger partial charge on any atom is 0.240 e. The van der Waals surface area contributed by atoms with E-state index in [4.69, 9.17) is 5.73 Å². The third-order valence-corrected chi connectivity index (χ3v) is 6.56. The van der Waals surface area contributed by atoms with Crippen LogP contribution in [0.15, 0.2) is 30.3 Å². The Morgan fingerprint density at radius 3 is 2.30 bits per heavy atom. The molecular formula is C16H24N2O2S3. The molecule has 7 heteroatoms. The van der Waals surface area contributed by atoms with E-state index in [0.717, 1.165) is 5.56 Å². The van der Waals surface area contributed by atoms with Gasteiger partial charge in [-0.3, -0.25) is 9.59 Å². The van der Waals surface area contributed by atoms with E-state index in [1.807, 2.05) is 42.8 Å². The topological polar surface area (TPSA) is 72.2 Å². The third-order valence-electron chi connectivity index (χ3n) is 3.53. The zero-order valence-electron chi connectivity index (χ0n) is 13.4. The van der Waals surface area contributed by atoms with Gasteiger partial charge in [0, 0.05) is 5.75 Å². The van der Waals surface area contributed by atoms with Crippen LogP contribution in [0.4, 0.5) is 0 Å². The molecule has 0 aliphatic carbocycles. The quantitative estimate of drug-likeness (QED) is 0.435. The first-order valence-electron chi connectivity index (χ1n) is 7.31. The summed E-state index contributed by atoms with van der Waals surface area (Å²) >= 11 is 7.58. The minimum atomic E-state index is -0.648. The molecule has 1 aromatic carbocycles. The smallest absolute Gasteiger partial charge is 0.240 e. The highest BCUT2D eigenvalue weighted by molar-refractivity contribution is 8.16. The van der Waals surface area contributed by atoms with Crippen molar-refractivity contribution in [3.63, 3.8) is 0 Å². The number of carbonyl (C=O) groups excluding carboxylic acids is 2. The molecule has 1 unspecified atom stereocenters. The average molecular weight is 373 g/mol. The van der Waals surface area contributed by atoms with Crippen LogP contribution >= 0.6 is 36.2 Å². The first kappa shape index (κ1) is 20.3. The Kier molecular flexibility index (Phi) is 9.59. The second-order valence-electron chi connectivity index (χ2n) is 5.17. The van der Waals surface area contributed by atoms with E-state index < -0.39 is 11.9 Å². The molecule has 0 bridgehead atoms. The fraction of sp³-hybridized carbons (Fsp3) is 0.500. The van der Waals surface area contributed by atoms with E-state index in [-0.39, 0.29) is 16.4 Å². The van der Waals surface area contributed by atoms with E-state index in [1.165, 1.54) is 0 Å². The summed E-state index contributed by atoms with van der Waals surface area (Å²) < 4.78 is 0.219. The van der Waals surface area contributed by atoms with Gasteiger partial charge in [-0.15, -0.1) is 0 Å². The Balaban J connectivity index is 2.69. The molecule has 0 saturated heterocycles. The summed E-state index contributed by atoms with van der Waals surface area (Å²) in [5.41, 5.74) is 6.52. The fourth-order valence-corrected chi connectivity index (χ4v) is 3.99. The van der Waals surface area contributed by atoms with Gasteiger partial charge in [0.1, 0.15) is 6.04 Å². The summed E-state index contributed by atoms with van der Waals surface area (Å²) in [5, 5.41) is 2.80.